The molecule has 2 rings (SSSR count). The molecular formula is C15H22BrNO3. The molecule has 20 heavy (non-hydrogen) atoms. The minimum atomic E-state index is 0.350. The second-order valence-electron chi connectivity index (χ2n) is 4.91. The maximum atomic E-state index is 5.88. The van der Waals surface area contributed by atoms with Gasteiger partial charge in [-0.15, -0.1) is 0 Å². The monoisotopic (exact) mass is 343 g/mol. The van der Waals surface area contributed by atoms with Crippen molar-refractivity contribution in [3.05, 3.63) is 22.2 Å². The van der Waals surface area contributed by atoms with E-state index in [1.807, 2.05) is 13.1 Å². The van der Waals surface area contributed by atoms with Crippen LogP contribution in [-0.2, 0) is 11.3 Å². The van der Waals surface area contributed by atoms with Crippen LogP contribution in [0, 0.1) is 0 Å². The van der Waals surface area contributed by atoms with E-state index in [2.05, 4.69) is 27.3 Å². The number of nitrogens with one attached hydrogen (secondary N) is 1. The van der Waals surface area contributed by atoms with Gasteiger partial charge in [-0.05, 0) is 53.5 Å². The van der Waals surface area contributed by atoms with Crippen molar-refractivity contribution in [2.24, 2.45) is 0 Å². The molecule has 0 amide bonds. The first-order chi connectivity index (χ1) is 9.74. The summed E-state index contributed by atoms with van der Waals surface area (Å²) in [4.78, 5) is 0. The zero-order valence-electron chi connectivity index (χ0n) is 12.1. The predicted molar refractivity (Wildman–Crippen MR) is 82.5 cm³/mol. The summed E-state index contributed by atoms with van der Waals surface area (Å²) in [5.74, 6) is 1.53. The maximum absolute atomic E-state index is 5.88. The zero-order valence-corrected chi connectivity index (χ0v) is 13.7. The van der Waals surface area contributed by atoms with Gasteiger partial charge in [-0.25, -0.2) is 0 Å². The van der Waals surface area contributed by atoms with E-state index in [-0.39, 0.29) is 0 Å². The lowest BCUT2D eigenvalue weighted by molar-refractivity contribution is 0.0897. The summed E-state index contributed by atoms with van der Waals surface area (Å²) < 4.78 is 17.8. The molecule has 112 valence electrons. The summed E-state index contributed by atoms with van der Waals surface area (Å²) in [5.41, 5.74) is 1.16. The summed E-state index contributed by atoms with van der Waals surface area (Å²) in [6, 6.07) is 4.06. The first-order valence-corrected chi connectivity index (χ1v) is 7.79. The van der Waals surface area contributed by atoms with Gasteiger partial charge in [-0.2, -0.15) is 0 Å². The topological polar surface area (TPSA) is 39.7 Å². The number of halogens is 1. The molecule has 1 unspecified atom stereocenters. The van der Waals surface area contributed by atoms with Gasteiger partial charge in [-0.3, -0.25) is 0 Å². The summed E-state index contributed by atoms with van der Waals surface area (Å²) in [5, 5.41) is 3.13. The second kappa shape index (κ2) is 7.86. The molecule has 1 heterocycles. The lowest BCUT2D eigenvalue weighted by Gasteiger charge is -2.15. The molecule has 0 radical (unpaired) electrons. The number of hydrogen-bond acceptors (Lipinski definition) is 4. The van der Waals surface area contributed by atoms with Crippen molar-refractivity contribution in [3.63, 3.8) is 0 Å². The smallest absolute Gasteiger partial charge is 0.175 e. The highest BCUT2D eigenvalue weighted by atomic mass is 79.9. The van der Waals surface area contributed by atoms with E-state index in [0.29, 0.717) is 12.7 Å². The van der Waals surface area contributed by atoms with Gasteiger partial charge in [0.1, 0.15) is 0 Å². The molecule has 1 saturated heterocycles. The zero-order chi connectivity index (χ0) is 14.4. The molecule has 1 fully saturated rings. The Labute approximate surface area is 128 Å². The minimum Gasteiger partial charge on any atom is -0.493 e. The standard InChI is InChI=1S/C15H22BrNO3/c1-17-10-11-8-13(16)15(14(9-11)18-2)20-7-5-12-4-3-6-19-12/h8-9,12,17H,3-7,10H2,1-2H3. The fourth-order valence-corrected chi connectivity index (χ4v) is 2.99. The van der Waals surface area contributed by atoms with Crippen LogP contribution in [0.3, 0.4) is 0 Å². The molecule has 0 aromatic heterocycles. The van der Waals surface area contributed by atoms with Crippen LogP contribution < -0.4 is 14.8 Å². The Kier molecular flexibility index (Phi) is 6.13. The Hall–Kier alpha value is -0.780. The van der Waals surface area contributed by atoms with Crippen molar-refractivity contribution in [3.8, 4) is 11.5 Å². The third kappa shape index (κ3) is 4.11. The van der Waals surface area contributed by atoms with Gasteiger partial charge in [0.05, 0.1) is 24.3 Å². The average molecular weight is 344 g/mol. The second-order valence-corrected chi connectivity index (χ2v) is 5.77. The summed E-state index contributed by atoms with van der Waals surface area (Å²) >= 11 is 3.56. The predicted octanol–water partition coefficient (Wildman–Crippen LogP) is 3.13. The molecule has 0 spiro atoms. The molecular weight excluding hydrogens is 322 g/mol. The fourth-order valence-electron chi connectivity index (χ4n) is 2.38. The van der Waals surface area contributed by atoms with Gasteiger partial charge < -0.3 is 19.5 Å². The third-order valence-electron chi connectivity index (χ3n) is 3.38. The molecule has 0 bridgehead atoms. The average Bonchev–Trinajstić information content (AvgIpc) is 2.94. The van der Waals surface area contributed by atoms with Crippen molar-refractivity contribution < 1.29 is 14.2 Å². The maximum Gasteiger partial charge on any atom is 0.175 e. The van der Waals surface area contributed by atoms with Crippen LogP contribution in [-0.4, -0.2) is 33.5 Å². The Bertz CT molecular complexity index is 433. The molecule has 1 aromatic rings. The van der Waals surface area contributed by atoms with Crippen molar-refractivity contribution >= 4 is 15.9 Å². The lowest BCUT2D eigenvalue weighted by Crippen LogP contribution is -2.11. The number of rotatable bonds is 7. The Balaban J connectivity index is 1.98. The van der Waals surface area contributed by atoms with Crippen LogP contribution in [0.15, 0.2) is 16.6 Å². The molecule has 1 aromatic carbocycles. The van der Waals surface area contributed by atoms with Crippen LogP contribution in [0.2, 0.25) is 0 Å². The quantitative estimate of drug-likeness (QED) is 0.825. The van der Waals surface area contributed by atoms with Crippen molar-refractivity contribution in [1.82, 2.24) is 5.32 Å². The molecule has 5 heteroatoms. The number of ether oxygens (including phenoxy) is 3. The summed E-state index contributed by atoms with van der Waals surface area (Å²) in [6.45, 7) is 2.33. The summed E-state index contributed by atoms with van der Waals surface area (Å²) in [7, 11) is 3.59. The van der Waals surface area contributed by atoms with Gasteiger partial charge >= 0.3 is 0 Å². The number of hydrogen-bond donors (Lipinski definition) is 1. The van der Waals surface area contributed by atoms with Crippen LogP contribution in [0.1, 0.15) is 24.8 Å². The summed E-state index contributed by atoms with van der Waals surface area (Å²) in [6.07, 6.45) is 3.58. The highest BCUT2D eigenvalue weighted by molar-refractivity contribution is 9.10. The molecule has 1 N–H and O–H groups in total. The number of methoxy groups -OCH3 is 1. The van der Waals surface area contributed by atoms with E-state index in [9.17, 15) is 0 Å². The van der Waals surface area contributed by atoms with Crippen molar-refractivity contribution in [2.45, 2.75) is 31.9 Å². The minimum absolute atomic E-state index is 0.350. The Morgan fingerprint density at radius 1 is 1.45 bits per heavy atom. The van der Waals surface area contributed by atoms with Gasteiger partial charge in [0.25, 0.3) is 0 Å². The van der Waals surface area contributed by atoms with Gasteiger partial charge in [0, 0.05) is 19.6 Å². The SMILES string of the molecule is CNCc1cc(Br)c(OCCC2CCCO2)c(OC)c1. The first-order valence-electron chi connectivity index (χ1n) is 7.00. The van der Waals surface area contributed by atoms with E-state index >= 15 is 0 Å². The van der Waals surface area contributed by atoms with Gasteiger partial charge in [0.15, 0.2) is 11.5 Å². The molecule has 1 aliphatic rings. The van der Waals surface area contributed by atoms with E-state index in [1.165, 1.54) is 0 Å². The molecule has 0 saturated carbocycles. The largest absolute Gasteiger partial charge is 0.493 e. The molecule has 4 nitrogen and oxygen atoms in total. The highest BCUT2D eigenvalue weighted by Gasteiger charge is 2.17. The van der Waals surface area contributed by atoms with E-state index in [1.54, 1.807) is 7.11 Å². The molecule has 1 atom stereocenters. The van der Waals surface area contributed by atoms with Crippen LogP contribution in [0.4, 0.5) is 0 Å². The first kappa shape index (κ1) is 15.6. The van der Waals surface area contributed by atoms with Crippen LogP contribution in [0.25, 0.3) is 0 Å². The Morgan fingerprint density at radius 2 is 2.30 bits per heavy atom. The fraction of sp³-hybridized carbons (Fsp3) is 0.600. The van der Waals surface area contributed by atoms with E-state index in [4.69, 9.17) is 14.2 Å². The van der Waals surface area contributed by atoms with Crippen molar-refractivity contribution in [1.29, 1.82) is 0 Å². The van der Waals surface area contributed by atoms with Gasteiger partial charge in [-0.1, -0.05) is 0 Å². The van der Waals surface area contributed by atoms with Gasteiger partial charge in [0.2, 0.25) is 0 Å². The van der Waals surface area contributed by atoms with E-state index < -0.39 is 0 Å². The normalized spacial score (nSPS) is 18.2. The number of benzene rings is 1. The molecule has 0 aliphatic carbocycles. The van der Waals surface area contributed by atoms with Crippen LogP contribution in [0.5, 0.6) is 11.5 Å². The highest BCUT2D eigenvalue weighted by Crippen LogP contribution is 2.37. The molecule has 1 aliphatic heterocycles. The Morgan fingerprint density at radius 3 is 2.95 bits per heavy atom. The van der Waals surface area contributed by atoms with Crippen molar-refractivity contribution in [2.75, 3.05) is 27.4 Å². The lowest BCUT2D eigenvalue weighted by atomic mass is 10.2. The van der Waals surface area contributed by atoms with Crippen LogP contribution >= 0.6 is 15.9 Å². The third-order valence-corrected chi connectivity index (χ3v) is 3.97. The van der Waals surface area contributed by atoms with E-state index in [0.717, 1.165) is 53.9 Å².